The van der Waals surface area contributed by atoms with Crippen LogP contribution >= 0.6 is 0 Å². The highest BCUT2D eigenvalue weighted by atomic mass is 16.5. The normalized spacial score (nSPS) is 13.4. The lowest BCUT2D eigenvalue weighted by Crippen LogP contribution is -2.10. The second-order valence-corrected chi connectivity index (χ2v) is 5.59. The van der Waals surface area contributed by atoms with Gasteiger partial charge in [0.1, 0.15) is 5.75 Å². The fourth-order valence-electron chi connectivity index (χ4n) is 2.17. The lowest BCUT2D eigenvalue weighted by Gasteiger charge is -2.06. The van der Waals surface area contributed by atoms with Crippen molar-refractivity contribution in [2.75, 3.05) is 6.61 Å². The zero-order chi connectivity index (χ0) is 16.1. The van der Waals surface area contributed by atoms with E-state index in [0.717, 1.165) is 18.4 Å². The van der Waals surface area contributed by atoms with Crippen LogP contribution in [-0.2, 0) is 16.0 Å². The molecule has 23 heavy (non-hydrogen) atoms. The van der Waals surface area contributed by atoms with E-state index in [-0.39, 0.29) is 17.9 Å². The first-order valence-corrected chi connectivity index (χ1v) is 7.75. The minimum atomic E-state index is -0.374. The number of esters is 2. The van der Waals surface area contributed by atoms with E-state index in [0.29, 0.717) is 24.3 Å². The third-order valence-corrected chi connectivity index (χ3v) is 3.69. The van der Waals surface area contributed by atoms with Crippen LogP contribution < -0.4 is 4.74 Å². The molecule has 1 aliphatic rings. The van der Waals surface area contributed by atoms with Crippen molar-refractivity contribution in [3.05, 3.63) is 65.7 Å². The molecule has 0 aromatic heterocycles. The molecule has 0 spiro atoms. The van der Waals surface area contributed by atoms with Gasteiger partial charge in [-0.25, -0.2) is 4.79 Å². The van der Waals surface area contributed by atoms with Gasteiger partial charge in [-0.2, -0.15) is 0 Å². The molecular formula is C19H18O4. The largest absolute Gasteiger partial charge is 0.462 e. The molecule has 0 amide bonds. The molecule has 1 fully saturated rings. The Kier molecular flexibility index (Phi) is 4.71. The molecule has 0 bridgehead atoms. The van der Waals surface area contributed by atoms with E-state index in [9.17, 15) is 9.59 Å². The highest BCUT2D eigenvalue weighted by Crippen LogP contribution is 2.30. The summed E-state index contributed by atoms with van der Waals surface area (Å²) in [5.41, 5.74) is 1.58. The predicted molar refractivity (Wildman–Crippen MR) is 85.2 cm³/mol. The Bertz CT molecular complexity index is 672. The lowest BCUT2D eigenvalue weighted by molar-refractivity contribution is -0.135. The Hall–Kier alpha value is -2.62. The fourth-order valence-corrected chi connectivity index (χ4v) is 2.17. The number of carbonyl (C=O) groups is 2. The summed E-state index contributed by atoms with van der Waals surface area (Å²) in [4.78, 5) is 23.5. The summed E-state index contributed by atoms with van der Waals surface area (Å²) < 4.78 is 10.5. The monoisotopic (exact) mass is 310 g/mol. The van der Waals surface area contributed by atoms with Gasteiger partial charge in [0, 0.05) is 6.42 Å². The Morgan fingerprint density at radius 3 is 2.30 bits per heavy atom. The van der Waals surface area contributed by atoms with Gasteiger partial charge in [0.25, 0.3) is 0 Å². The maximum absolute atomic E-state index is 12.0. The number of hydrogen-bond acceptors (Lipinski definition) is 4. The van der Waals surface area contributed by atoms with Crippen LogP contribution in [0.5, 0.6) is 5.75 Å². The van der Waals surface area contributed by atoms with Gasteiger partial charge < -0.3 is 9.47 Å². The van der Waals surface area contributed by atoms with Gasteiger partial charge in [0.15, 0.2) is 0 Å². The molecule has 0 heterocycles. The van der Waals surface area contributed by atoms with E-state index >= 15 is 0 Å². The molecule has 2 aromatic rings. The van der Waals surface area contributed by atoms with Crippen LogP contribution in [0.2, 0.25) is 0 Å². The van der Waals surface area contributed by atoms with Gasteiger partial charge in [-0.15, -0.1) is 0 Å². The number of ether oxygens (including phenoxy) is 2. The lowest BCUT2D eigenvalue weighted by atomic mass is 10.2. The van der Waals surface area contributed by atoms with Crippen molar-refractivity contribution < 1.29 is 19.1 Å². The van der Waals surface area contributed by atoms with Gasteiger partial charge in [-0.3, -0.25) is 4.79 Å². The first-order valence-electron chi connectivity index (χ1n) is 7.75. The van der Waals surface area contributed by atoms with Crippen molar-refractivity contribution in [1.82, 2.24) is 0 Å². The molecule has 1 saturated carbocycles. The molecule has 0 aliphatic heterocycles. The van der Waals surface area contributed by atoms with Crippen molar-refractivity contribution in [3.8, 4) is 5.75 Å². The van der Waals surface area contributed by atoms with Gasteiger partial charge >= 0.3 is 11.9 Å². The van der Waals surface area contributed by atoms with E-state index in [4.69, 9.17) is 9.47 Å². The first kappa shape index (κ1) is 15.3. The Balaban J connectivity index is 1.48. The Morgan fingerprint density at radius 1 is 0.957 bits per heavy atom. The SMILES string of the molecule is O=C(OCCc1ccccc1)c1ccc(OC(=O)C2CC2)cc1. The van der Waals surface area contributed by atoms with Crippen molar-refractivity contribution in [1.29, 1.82) is 0 Å². The maximum Gasteiger partial charge on any atom is 0.338 e. The summed E-state index contributed by atoms with van der Waals surface area (Å²) >= 11 is 0. The van der Waals surface area contributed by atoms with Crippen LogP contribution in [0.3, 0.4) is 0 Å². The number of hydrogen-bond donors (Lipinski definition) is 0. The molecule has 4 nitrogen and oxygen atoms in total. The van der Waals surface area contributed by atoms with E-state index in [1.54, 1.807) is 24.3 Å². The molecule has 0 N–H and O–H groups in total. The van der Waals surface area contributed by atoms with E-state index < -0.39 is 0 Å². The second-order valence-electron chi connectivity index (χ2n) is 5.59. The average Bonchev–Trinajstić information content (AvgIpc) is 3.41. The van der Waals surface area contributed by atoms with Crippen LogP contribution in [0.1, 0.15) is 28.8 Å². The molecule has 118 valence electrons. The van der Waals surface area contributed by atoms with Crippen LogP contribution in [0.15, 0.2) is 54.6 Å². The Morgan fingerprint density at radius 2 is 1.65 bits per heavy atom. The minimum absolute atomic E-state index is 0.0534. The van der Waals surface area contributed by atoms with Crippen LogP contribution in [-0.4, -0.2) is 18.5 Å². The summed E-state index contributed by atoms with van der Waals surface area (Å²) in [6.07, 6.45) is 2.50. The number of rotatable bonds is 6. The first-order chi connectivity index (χ1) is 11.2. The highest BCUT2D eigenvalue weighted by Gasteiger charge is 2.31. The summed E-state index contributed by atoms with van der Waals surface area (Å²) in [6, 6.07) is 16.3. The number of benzene rings is 2. The van der Waals surface area contributed by atoms with Gasteiger partial charge in [-0.1, -0.05) is 30.3 Å². The fraction of sp³-hybridized carbons (Fsp3) is 0.263. The smallest absolute Gasteiger partial charge is 0.338 e. The molecule has 0 atom stereocenters. The molecule has 0 unspecified atom stereocenters. The third-order valence-electron chi connectivity index (χ3n) is 3.69. The summed E-state index contributed by atoms with van der Waals surface area (Å²) in [5, 5.41) is 0. The molecule has 3 rings (SSSR count). The molecular weight excluding hydrogens is 292 g/mol. The zero-order valence-corrected chi connectivity index (χ0v) is 12.7. The third kappa shape index (κ3) is 4.42. The minimum Gasteiger partial charge on any atom is -0.462 e. The predicted octanol–water partition coefficient (Wildman–Crippen LogP) is 3.40. The van der Waals surface area contributed by atoms with Crippen molar-refractivity contribution in [2.24, 2.45) is 5.92 Å². The molecule has 2 aromatic carbocycles. The van der Waals surface area contributed by atoms with E-state index in [1.807, 2.05) is 30.3 Å². The van der Waals surface area contributed by atoms with Gasteiger partial charge in [-0.05, 0) is 42.7 Å². The summed E-state index contributed by atoms with van der Waals surface area (Å²) in [7, 11) is 0. The van der Waals surface area contributed by atoms with E-state index in [2.05, 4.69) is 0 Å². The Labute approximate surface area is 135 Å². The summed E-state index contributed by atoms with van der Waals surface area (Å²) in [6.45, 7) is 0.335. The molecule has 0 radical (unpaired) electrons. The topological polar surface area (TPSA) is 52.6 Å². The zero-order valence-electron chi connectivity index (χ0n) is 12.7. The van der Waals surface area contributed by atoms with Gasteiger partial charge in [0.05, 0.1) is 18.1 Å². The molecule has 0 saturated heterocycles. The maximum atomic E-state index is 12.0. The summed E-state index contributed by atoms with van der Waals surface area (Å²) in [5.74, 6) is -0.0513. The second kappa shape index (κ2) is 7.09. The van der Waals surface area contributed by atoms with Crippen molar-refractivity contribution >= 4 is 11.9 Å². The van der Waals surface area contributed by atoms with Crippen LogP contribution in [0.25, 0.3) is 0 Å². The van der Waals surface area contributed by atoms with Gasteiger partial charge in [0.2, 0.25) is 0 Å². The number of carbonyl (C=O) groups excluding carboxylic acids is 2. The average molecular weight is 310 g/mol. The quantitative estimate of drug-likeness (QED) is 0.606. The van der Waals surface area contributed by atoms with Crippen molar-refractivity contribution in [3.63, 3.8) is 0 Å². The molecule has 4 heteroatoms. The standard InChI is InChI=1S/C19H18O4/c20-18(22-13-12-14-4-2-1-3-5-14)15-8-10-17(11-9-15)23-19(21)16-6-7-16/h1-5,8-11,16H,6-7,12-13H2. The van der Waals surface area contributed by atoms with Crippen LogP contribution in [0, 0.1) is 5.92 Å². The molecule has 1 aliphatic carbocycles. The van der Waals surface area contributed by atoms with E-state index in [1.165, 1.54) is 0 Å². The highest BCUT2D eigenvalue weighted by molar-refractivity contribution is 5.89. The van der Waals surface area contributed by atoms with Crippen LogP contribution in [0.4, 0.5) is 0 Å². The van der Waals surface area contributed by atoms with Crippen molar-refractivity contribution in [2.45, 2.75) is 19.3 Å².